The van der Waals surface area contributed by atoms with Crippen LogP contribution in [0, 0.1) is 52.3 Å². The second kappa shape index (κ2) is 23.3. The van der Waals surface area contributed by atoms with E-state index in [1.807, 2.05) is 19.1 Å². The Hall–Kier alpha value is -5.62. The molecule has 10 heteroatoms. The number of piperidine rings is 1. The summed E-state index contributed by atoms with van der Waals surface area (Å²) in [5, 5.41) is 37.7. The van der Waals surface area contributed by atoms with Gasteiger partial charge in [-0.25, -0.2) is 9.59 Å². The number of fused-ring (bicyclic) bond motifs is 5. The van der Waals surface area contributed by atoms with Gasteiger partial charge in [0, 0.05) is 36.2 Å². The van der Waals surface area contributed by atoms with E-state index in [2.05, 4.69) is 133 Å². The molecule has 5 heterocycles. The zero-order valence-electron chi connectivity index (χ0n) is 47.8. The third-order valence-electron chi connectivity index (χ3n) is 20.5. The molecule has 422 valence electrons. The molecule has 80 heavy (non-hydrogen) atoms. The van der Waals surface area contributed by atoms with Crippen LogP contribution in [0.4, 0.5) is 0 Å². The fraction of sp³-hybridized carbons (Fsp3) is 0.514. The second-order valence-corrected chi connectivity index (χ2v) is 25.8. The van der Waals surface area contributed by atoms with E-state index in [1.165, 1.54) is 23.1 Å². The van der Waals surface area contributed by atoms with Crippen LogP contribution in [0.1, 0.15) is 145 Å². The minimum Gasteiger partial charge on any atom is -0.508 e. The first-order valence-corrected chi connectivity index (χ1v) is 30.9. The summed E-state index contributed by atoms with van der Waals surface area (Å²) in [5.74, 6) is 2.25. The van der Waals surface area contributed by atoms with Gasteiger partial charge in [0.05, 0.1) is 23.3 Å². The lowest BCUT2D eigenvalue weighted by atomic mass is 9.44. The van der Waals surface area contributed by atoms with Crippen molar-refractivity contribution in [2.24, 2.45) is 52.3 Å². The molecule has 0 aromatic heterocycles. The van der Waals surface area contributed by atoms with Gasteiger partial charge in [0.25, 0.3) is 0 Å². The molecular weight excluding hydrogens is 993 g/mol. The summed E-state index contributed by atoms with van der Waals surface area (Å²) in [6.45, 7) is 12.7. The third-order valence-corrected chi connectivity index (χ3v) is 20.5. The Morgan fingerprint density at radius 2 is 1.68 bits per heavy atom. The number of cyclic esters (lactones) is 1. The number of aliphatic hydroxyl groups excluding tert-OH is 1. The molecule has 14 rings (SSSR count). The molecule has 0 radical (unpaired) electrons. The molecule has 0 unspecified atom stereocenters. The smallest absolute Gasteiger partial charge is 0.340 e. The minimum atomic E-state index is -0.886. The summed E-state index contributed by atoms with van der Waals surface area (Å²) in [4.78, 5) is 30.5. The van der Waals surface area contributed by atoms with Crippen molar-refractivity contribution in [1.82, 2.24) is 21.3 Å². The SMILES string of the molecule is CC[C@H](/C=C1\OC(=O)C2=C3c4cc(O)ccc4-c4cccc(c4)CNCCc4cccc(c4)[C@@H](NC[C@H](C)O)[C@H]4CC[C@@]([C@@H]5CCN[C@H](NCCCC(C)C)C5)(CC=C5OC(=O)C6=C5CC[C@H]5[C@H]3CC[C@@]21[C@@H]65)C4)Cc1ccccc1. The molecule has 6 N–H and O–H groups in total. The van der Waals surface area contributed by atoms with E-state index in [1.54, 1.807) is 6.07 Å². The van der Waals surface area contributed by atoms with Crippen molar-refractivity contribution in [3.05, 3.63) is 165 Å². The lowest BCUT2D eigenvalue weighted by molar-refractivity contribution is -0.135. The van der Waals surface area contributed by atoms with E-state index in [0.717, 1.165) is 148 Å². The van der Waals surface area contributed by atoms with Gasteiger partial charge in [0.15, 0.2) is 0 Å². The number of hydrogen-bond donors (Lipinski definition) is 6. The Bertz CT molecular complexity index is 3080. The number of esters is 2. The number of hydrogen-bond acceptors (Lipinski definition) is 10. The molecule has 5 aliphatic carbocycles. The number of benzene rings is 4. The number of rotatable bonds is 13. The van der Waals surface area contributed by atoms with Gasteiger partial charge in [-0.2, -0.15) is 0 Å². The van der Waals surface area contributed by atoms with E-state index in [9.17, 15) is 10.2 Å². The molecule has 4 aromatic carbocycles. The summed E-state index contributed by atoms with van der Waals surface area (Å²) < 4.78 is 13.5. The predicted octanol–water partition coefficient (Wildman–Crippen LogP) is 12.6. The summed E-state index contributed by atoms with van der Waals surface area (Å²) in [6, 6.07) is 34.1. The first-order valence-electron chi connectivity index (χ1n) is 30.9. The number of aromatic hydroxyl groups is 1. The fourth-order valence-corrected chi connectivity index (χ4v) is 16.7. The quantitative estimate of drug-likeness (QED) is 0.0566. The normalized spacial score (nSPS) is 30.4. The Morgan fingerprint density at radius 1 is 0.825 bits per heavy atom. The highest BCUT2D eigenvalue weighted by Gasteiger charge is 2.68. The average Bonchev–Trinajstić information content (AvgIpc) is 4.00. The summed E-state index contributed by atoms with van der Waals surface area (Å²) in [7, 11) is 0. The second-order valence-electron chi connectivity index (χ2n) is 25.8. The van der Waals surface area contributed by atoms with Gasteiger partial charge >= 0.3 is 11.9 Å². The number of phenolic OH excluding ortho intramolecular Hbond substituents is 1. The number of carbonyl (C=O) groups excluding carboxylic acids is 2. The molecule has 0 amide bonds. The molecule has 2 saturated heterocycles. The third kappa shape index (κ3) is 10.6. The van der Waals surface area contributed by atoms with Crippen LogP contribution in [0.15, 0.2) is 137 Å². The van der Waals surface area contributed by atoms with E-state index in [4.69, 9.17) is 9.47 Å². The van der Waals surface area contributed by atoms with Gasteiger partial charge in [0.2, 0.25) is 0 Å². The highest BCUT2D eigenvalue weighted by molar-refractivity contribution is 6.07. The average molecular weight is 1080 g/mol. The maximum absolute atomic E-state index is 15.3. The number of nitrogens with one attached hydrogen (secondary N) is 4. The number of carbonyl (C=O) groups is 2. The number of allylic oxidation sites excluding steroid dienone is 5. The van der Waals surface area contributed by atoms with Crippen LogP contribution in [-0.4, -0.2) is 60.6 Å². The minimum absolute atomic E-state index is 0.0383. The molecule has 10 nitrogen and oxygen atoms in total. The van der Waals surface area contributed by atoms with Crippen LogP contribution in [-0.2, 0) is 38.4 Å². The molecule has 5 aliphatic heterocycles. The molecule has 1 spiro atoms. The Labute approximate surface area is 475 Å². The van der Waals surface area contributed by atoms with E-state index >= 15 is 9.59 Å². The highest BCUT2D eigenvalue weighted by atomic mass is 16.6. The first kappa shape index (κ1) is 54.9. The maximum Gasteiger partial charge on any atom is 0.340 e. The van der Waals surface area contributed by atoms with Crippen molar-refractivity contribution in [3.8, 4) is 16.9 Å². The molecule has 10 aliphatic rings. The van der Waals surface area contributed by atoms with Gasteiger partial charge in [-0.3, -0.25) is 0 Å². The van der Waals surface area contributed by atoms with Crippen molar-refractivity contribution in [2.75, 3.05) is 26.2 Å². The van der Waals surface area contributed by atoms with Crippen LogP contribution >= 0.6 is 0 Å². The topological polar surface area (TPSA) is 141 Å². The first-order chi connectivity index (χ1) is 38.9. The van der Waals surface area contributed by atoms with Gasteiger partial charge in [-0.15, -0.1) is 0 Å². The molecular formula is C70H86N4O6. The van der Waals surface area contributed by atoms with Gasteiger partial charge in [0.1, 0.15) is 17.3 Å². The predicted molar refractivity (Wildman–Crippen MR) is 316 cm³/mol. The zero-order chi connectivity index (χ0) is 55.1. The van der Waals surface area contributed by atoms with Crippen LogP contribution in [0.2, 0.25) is 0 Å². The van der Waals surface area contributed by atoms with Gasteiger partial charge < -0.3 is 41.0 Å². The largest absolute Gasteiger partial charge is 0.508 e. The monoisotopic (exact) mass is 1080 g/mol. The maximum atomic E-state index is 15.3. The van der Waals surface area contributed by atoms with Gasteiger partial charge in [-0.05, 0) is 239 Å². The summed E-state index contributed by atoms with van der Waals surface area (Å²) >= 11 is 0. The summed E-state index contributed by atoms with van der Waals surface area (Å²) in [5.41, 5.74) is 10.3. The van der Waals surface area contributed by atoms with Crippen LogP contribution in [0.25, 0.3) is 16.7 Å². The molecule has 14 bridgehead atoms. The Balaban J connectivity index is 1.00. The van der Waals surface area contributed by atoms with Crippen molar-refractivity contribution in [1.29, 1.82) is 0 Å². The van der Waals surface area contributed by atoms with Crippen LogP contribution in [0.5, 0.6) is 5.75 Å². The van der Waals surface area contributed by atoms with E-state index in [0.29, 0.717) is 48.6 Å². The highest BCUT2D eigenvalue weighted by Crippen LogP contribution is 2.72. The lowest BCUT2D eigenvalue weighted by Gasteiger charge is -2.56. The Kier molecular flexibility index (Phi) is 16.0. The summed E-state index contributed by atoms with van der Waals surface area (Å²) in [6.07, 6.45) is 18.5. The van der Waals surface area contributed by atoms with E-state index < -0.39 is 11.5 Å². The molecule has 2 saturated carbocycles. The van der Waals surface area contributed by atoms with Crippen molar-refractivity contribution < 1.29 is 29.3 Å². The number of ether oxygens (including phenoxy) is 2. The van der Waals surface area contributed by atoms with Crippen molar-refractivity contribution in [3.63, 3.8) is 0 Å². The zero-order valence-corrected chi connectivity index (χ0v) is 47.8. The fourth-order valence-electron chi connectivity index (χ4n) is 16.7. The molecule has 4 aromatic rings. The molecule has 11 atom stereocenters. The number of aliphatic hydroxyl groups is 1. The Morgan fingerprint density at radius 3 is 2.51 bits per heavy atom. The van der Waals surface area contributed by atoms with E-state index in [-0.39, 0.29) is 59.0 Å². The van der Waals surface area contributed by atoms with Crippen molar-refractivity contribution in [2.45, 2.75) is 149 Å². The standard InChI is InChI=1S/C70H86N4O6/c1-5-45(34-46-13-7-6-8-14-46)37-60-70-30-24-55-56-21-22-57-59(79-67(77)63(57)64(56)70)25-29-69(52-27-33-73-61(38-52)72-31-11-12-43(2)3)28-23-51(40-69)66(74-41-44(4)75)50-18-9-15-47(35-50)26-32-71-42-48-16-10-17-49(36-48)54-20-19-53(76)39-58(54)62(55)65(70)68(78)80-60/h6-10,13-20,25,35-37,39,43-45,51-52,55-56,61,64,66,71-76H,5,11-12,21-24,26-34,38,40-42H2,1-4H3/b59-25?,60-37-/t44-,45-,51-,52+,55+,56-,61-,64+,66+,69+,70+/m0/s1. The van der Waals surface area contributed by atoms with Gasteiger partial charge in [-0.1, -0.05) is 99.6 Å². The lowest BCUT2D eigenvalue weighted by Crippen LogP contribution is -2.52. The molecule has 4 fully saturated rings. The van der Waals surface area contributed by atoms with Crippen molar-refractivity contribution >= 4 is 17.5 Å². The van der Waals surface area contributed by atoms with Crippen LogP contribution < -0.4 is 21.3 Å². The number of phenols is 1. The van der Waals surface area contributed by atoms with Crippen LogP contribution in [0.3, 0.4) is 0 Å².